The van der Waals surface area contributed by atoms with Crippen LogP contribution < -0.4 is 0 Å². The molecule has 2 unspecified atom stereocenters. The van der Waals surface area contributed by atoms with Gasteiger partial charge in [0.25, 0.3) is 0 Å². The highest BCUT2D eigenvalue weighted by Gasteiger charge is 2.10. The lowest BCUT2D eigenvalue weighted by Crippen LogP contribution is -2.29. The van der Waals surface area contributed by atoms with Crippen LogP contribution in [0, 0.1) is 0 Å². The van der Waals surface area contributed by atoms with Gasteiger partial charge in [-0.15, -0.1) is 0 Å². The van der Waals surface area contributed by atoms with Crippen molar-refractivity contribution in [2.45, 2.75) is 12.2 Å². The fourth-order valence-corrected chi connectivity index (χ4v) is 0.938. The molecule has 0 rings (SSSR count). The number of aliphatic hydroxyl groups is 3. The molecule has 6 nitrogen and oxygen atoms in total. The summed E-state index contributed by atoms with van der Waals surface area (Å²) in [5.41, 5.74) is 0. The summed E-state index contributed by atoms with van der Waals surface area (Å²) in [6, 6.07) is 0. The molecule has 92 valence electrons. The largest absolute Gasteiger partial charge is 0.394 e. The molecule has 15 heavy (non-hydrogen) atoms. The van der Waals surface area contributed by atoms with Crippen molar-refractivity contribution in [3.63, 3.8) is 0 Å². The third-order valence-electron chi connectivity index (χ3n) is 1.62. The lowest BCUT2D eigenvalue weighted by atomic mass is 10.4. The van der Waals surface area contributed by atoms with E-state index >= 15 is 0 Å². The number of ether oxygens (including phenoxy) is 3. The number of hydrogen-bond donors (Lipinski definition) is 3. The third-order valence-corrected chi connectivity index (χ3v) is 1.62. The first kappa shape index (κ1) is 14.8. The maximum atomic E-state index is 8.99. The zero-order chi connectivity index (χ0) is 11.5. The SMILES string of the molecule is COCC(COCC(O)CO)OCCO. The van der Waals surface area contributed by atoms with E-state index in [0.717, 1.165) is 0 Å². The fourth-order valence-electron chi connectivity index (χ4n) is 0.938. The molecule has 0 aliphatic rings. The molecule has 0 fully saturated rings. The molecule has 0 bridgehead atoms. The molecule has 0 heterocycles. The van der Waals surface area contributed by atoms with Crippen LogP contribution in [0.3, 0.4) is 0 Å². The molecule has 0 aliphatic carbocycles. The van der Waals surface area contributed by atoms with E-state index in [-0.39, 0.29) is 39.1 Å². The second-order valence-corrected chi connectivity index (χ2v) is 3.05. The normalized spacial score (nSPS) is 15.2. The van der Waals surface area contributed by atoms with E-state index in [2.05, 4.69) is 0 Å². The zero-order valence-corrected chi connectivity index (χ0v) is 8.96. The summed E-state index contributed by atoms with van der Waals surface area (Å²) >= 11 is 0. The number of aliphatic hydroxyl groups excluding tert-OH is 3. The minimum absolute atomic E-state index is 0.0548. The first-order valence-electron chi connectivity index (χ1n) is 4.82. The second-order valence-electron chi connectivity index (χ2n) is 3.05. The van der Waals surface area contributed by atoms with Crippen molar-refractivity contribution in [1.29, 1.82) is 0 Å². The van der Waals surface area contributed by atoms with E-state index in [4.69, 9.17) is 29.5 Å². The molecule has 0 aromatic rings. The highest BCUT2D eigenvalue weighted by Crippen LogP contribution is 1.95. The Hall–Kier alpha value is -0.240. The van der Waals surface area contributed by atoms with Crippen molar-refractivity contribution in [2.75, 3.05) is 46.8 Å². The minimum Gasteiger partial charge on any atom is -0.394 e. The number of methoxy groups -OCH3 is 1. The average Bonchev–Trinajstić information content (AvgIpc) is 2.25. The van der Waals surface area contributed by atoms with Crippen LogP contribution in [0.4, 0.5) is 0 Å². The first-order valence-corrected chi connectivity index (χ1v) is 4.82. The minimum atomic E-state index is -0.869. The van der Waals surface area contributed by atoms with E-state index < -0.39 is 6.10 Å². The van der Waals surface area contributed by atoms with Crippen LogP contribution in [0.2, 0.25) is 0 Å². The Bertz CT molecular complexity index is 132. The average molecular weight is 224 g/mol. The predicted molar refractivity (Wildman–Crippen MR) is 52.6 cm³/mol. The standard InChI is InChI=1S/C9H20O6/c1-13-6-9(15-3-2-10)7-14-5-8(12)4-11/h8-12H,2-7H2,1H3. The predicted octanol–water partition coefficient (Wildman–Crippen LogP) is -1.62. The van der Waals surface area contributed by atoms with Crippen LogP contribution in [0.25, 0.3) is 0 Å². The third kappa shape index (κ3) is 8.73. The molecule has 2 atom stereocenters. The van der Waals surface area contributed by atoms with E-state index in [0.29, 0.717) is 6.61 Å². The summed E-state index contributed by atoms with van der Waals surface area (Å²) in [5, 5.41) is 26.1. The Morgan fingerprint density at radius 1 is 1.13 bits per heavy atom. The smallest absolute Gasteiger partial charge is 0.104 e. The van der Waals surface area contributed by atoms with E-state index in [1.807, 2.05) is 0 Å². The lowest BCUT2D eigenvalue weighted by Gasteiger charge is -2.17. The molecule has 3 N–H and O–H groups in total. The van der Waals surface area contributed by atoms with Crippen molar-refractivity contribution in [2.24, 2.45) is 0 Å². The topological polar surface area (TPSA) is 88.4 Å². The van der Waals surface area contributed by atoms with Gasteiger partial charge in [-0.3, -0.25) is 0 Å². The van der Waals surface area contributed by atoms with Crippen LogP contribution in [0.15, 0.2) is 0 Å². The summed E-state index contributed by atoms with van der Waals surface area (Å²) in [7, 11) is 1.54. The first-order chi connectivity index (χ1) is 7.24. The molecule has 0 amide bonds. The van der Waals surface area contributed by atoms with E-state index in [1.54, 1.807) is 0 Å². The van der Waals surface area contributed by atoms with Gasteiger partial charge in [-0.05, 0) is 0 Å². The second kappa shape index (κ2) is 10.3. The van der Waals surface area contributed by atoms with Gasteiger partial charge in [0.1, 0.15) is 12.2 Å². The van der Waals surface area contributed by atoms with Crippen molar-refractivity contribution in [1.82, 2.24) is 0 Å². The quantitative estimate of drug-likeness (QED) is 0.413. The molecule has 0 aromatic heterocycles. The Labute approximate surface area is 89.4 Å². The maximum Gasteiger partial charge on any atom is 0.104 e. The molecule has 0 aromatic carbocycles. The molecular weight excluding hydrogens is 204 g/mol. The summed E-state index contributed by atoms with van der Waals surface area (Å²) in [6.07, 6.45) is -1.14. The van der Waals surface area contributed by atoms with Crippen LogP contribution in [0.1, 0.15) is 0 Å². The van der Waals surface area contributed by atoms with Gasteiger partial charge in [0.2, 0.25) is 0 Å². The van der Waals surface area contributed by atoms with Gasteiger partial charge in [-0.25, -0.2) is 0 Å². The molecule has 0 saturated heterocycles. The number of hydrogen-bond acceptors (Lipinski definition) is 6. The van der Waals surface area contributed by atoms with E-state index in [1.165, 1.54) is 7.11 Å². The van der Waals surface area contributed by atoms with Gasteiger partial charge in [0.05, 0.1) is 39.6 Å². The highest BCUT2D eigenvalue weighted by atomic mass is 16.6. The Kier molecular flexibility index (Phi) is 10.1. The zero-order valence-electron chi connectivity index (χ0n) is 8.96. The van der Waals surface area contributed by atoms with Gasteiger partial charge in [0, 0.05) is 7.11 Å². The lowest BCUT2D eigenvalue weighted by molar-refractivity contribution is -0.0756. The molecular formula is C9H20O6. The van der Waals surface area contributed by atoms with Gasteiger partial charge in [-0.1, -0.05) is 0 Å². The molecule has 0 radical (unpaired) electrons. The molecule has 0 spiro atoms. The van der Waals surface area contributed by atoms with Gasteiger partial charge >= 0.3 is 0 Å². The Balaban J connectivity index is 3.55. The van der Waals surface area contributed by atoms with Gasteiger partial charge in [0.15, 0.2) is 0 Å². The fraction of sp³-hybridized carbons (Fsp3) is 1.00. The van der Waals surface area contributed by atoms with Gasteiger partial charge < -0.3 is 29.5 Å². The van der Waals surface area contributed by atoms with Gasteiger partial charge in [-0.2, -0.15) is 0 Å². The van der Waals surface area contributed by atoms with Crippen molar-refractivity contribution in [3.8, 4) is 0 Å². The van der Waals surface area contributed by atoms with Crippen LogP contribution in [-0.4, -0.2) is 74.3 Å². The molecule has 0 saturated carbocycles. The summed E-state index contributed by atoms with van der Waals surface area (Å²) in [6.45, 7) is 0.505. The molecule has 6 heteroatoms. The summed E-state index contributed by atoms with van der Waals surface area (Å²) in [4.78, 5) is 0. The van der Waals surface area contributed by atoms with Crippen molar-refractivity contribution < 1.29 is 29.5 Å². The Morgan fingerprint density at radius 2 is 1.87 bits per heavy atom. The molecule has 0 aliphatic heterocycles. The number of rotatable bonds is 10. The summed E-state index contributed by atoms with van der Waals surface area (Å²) < 4.78 is 15.2. The van der Waals surface area contributed by atoms with E-state index in [9.17, 15) is 0 Å². The van der Waals surface area contributed by atoms with Crippen molar-refractivity contribution in [3.05, 3.63) is 0 Å². The highest BCUT2D eigenvalue weighted by molar-refractivity contribution is 4.57. The summed E-state index contributed by atoms with van der Waals surface area (Å²) in [5.74, 6) is 0. The maximum absolute atomic E-state index is 8.99. The Morgan fingerprint density at radius 3 is 2.40 bits per heavy atom. The monoisotopic (exact) mass is 224 g/mol. The van der Waals surface area contributed by atoms with Crippen molar-refractivity contribution >= 4 is 0 Å². The van der Waals surface area contributed by atoms with Crippen LogP contribution in [-0.2, 0) is 14.2 Å². The van der Waals surface area contributed by atoms with Crippen LogP contribution >= 0.6 is 0 Å². The van der Waals surface area contributed by atoms with Crippen LogP contribution in [0.5, 0.6) is 0 Å².